The van der Waals surface area contributed by atoms with Crippen molar-refractivity contribution in [1.29, 1.82) is 0 Å². The Bertz CT molecular complexity index is 1120. The lowest BCUT2D eigenvalue weighted by molar-refractivity contribution is -0.115. The van der Waals surface area contributed by atoms with Crippen LogP contribution in [0.4, 0.5) is 23.2 Å². The van der Waals surface area contributed by atoms with Crippen LogP contribution in [0, 0.1) is 0 Å². The third-order valence-corrected chi connectivity index (χ3v) is 5.67. The largest absolute Gasteiger partial charge is 0.434 e. The van der Waals surface area contributed by atoms with Crippen LogP contribution in [-0.4, -0.2) is 26.6 Å². The summed E-state index contributed by atoms with van der Waals surface area (Å²) in [7, 11) is -4.26. The van der Waals surface area contributed by atoms with Crippen molar-refractivity contribution in [2.75, 3.05) is 5.32 Å². The Morgan fingerprint density at radius 2 is 1.90 bits per heavy atom. The van der Waals surface area contributed by atoms with Gasteiger partial charge in [0.1, 0.15) is 10.6 Å². The van der Waals surface area contributed by atoms with E-state index in [2.05, 4.69) is 14.5 Å². The Morgan fingerprint density at radius 3 is 2.60 bits per heavy atom. The van der Waals surface area contributed by atoms with Crippen molar-refractivity contribution in [3.63, 3.8) is 0 Å². The fourth-order valence-corrected chi connectivity index (χ4v) is 4.14. The molecule has 1 aliphatic rings. The fourth-order valence-electron chi connectivity index (χ4n) is 2.74. The molecule has 0 radical (unpaired) electrons. The molecule has 0 aliphatic carbocycles. The van der Waals surface area contributed by atoms with E-state index in [1.54, 1.807) is 0 Å². The summed E-state index contributed by atoms with van der Waals surface area (Å²) in [5, 5.41) is 2.62. The number of halogens is 5. The average Bonchev–Trinajstić information content (AvgIpc) is 2.66. The predicted octanol–water partition coefficient (Wildman–Crippen LogP) is 4.60. The normalized spacial score (nSPS) is 15.2. The van der Waals surface area contributed by atoms with Crippen molar-refractivity contribution in [1.82, 2.24) is 0 Å². The van der Waals surface area contributed by atoms with Crippen molar-refractivity contribution in [3.8, 4) is 5.75 Å². The minimum Gasteiger partial charge on any atom is -0.434 e. The zero-order valence-electron chi connectivity index (χ0n) is 14.9. The first-order valence-electron chi connectivity index (χ1n) is 8.36. The van der Waals surface area contributed by atoms with Gasteiger partial charge in [-0.1, -0.05) is 23.7 Å². The van der Waals surface area contributed by atoms with Crippen LogP contribution >= 0.6 is 11.6 Å². The topological polar surface area (TPSA) is 84.8 Å². The lowest BCUT2D eigenvalue weighted by Crippen LogP contribution is -2.30. The average molecular weight is 465 g/mol. The molecular formula is C18H13ClF4N2O4S. The number of Topliss-reactive ketones (excluding diaryl/α,β-unsaturated/α-hetero) is 1. The van der Waals surface area contributed by atoms with Gasteiger partial charge in [-0.15, -0.1) is 4.40 Å². The van der Waals surface area contributed by atoms with E-state index in [0.29, 0.717) is 0 Å². The molecule has 0 bridgehead atoms. The Hall–Kier alpha value is -2.66. The number of carbonyl (C=O) groups excluding carboxylic acids is 1. The Balaban J connectivity index is 1.78. The van der Waals surface area contributed by atoms with Crippen molar-refractivity contribution >= 4 is 38.9 Å². The van der Waals surface area contributed by atoms with Crippen molar-refractivity contribution < 1.29 is 35.5 Å². The zero-order chi connectivity index (χ0) is 22.1. The Labute approximate surface area is 173 Å². The molecule has 2 aromatic rings. The Morgan fingerprint density at radius 1 is 1.20 bits per heavy atom. The van der Waals surface area contributed by atoms with Crippen LogP contribution in [0.5, 0.6) is 5.75 Å². The number of benzene rings is 2. The molecule has 2 aromatic carbocycles. The van der Waals surface area contributed by atoms with E-state index in [-0.39, 0.29) is 15.6 Å². The highest BCUT2D eigenvalue weighted by molar-refractivity contribution is 7.90. The minimum atomic E-state index is -4.26. The second-order valence-electron chi connectivity index (χ2n) is 6.18. The molecule has 3 rings (SSSR count). The van der Waals surface area contributed by atoms with E-state index in [9.17, 15) is 30.8 Å². The van der Waals surface area contributed by atoms with Gasteiger partial charge < -0.3 is 10.1 Å². The van der Waals surface area contributed by atoms with Gasteiger partial charge in [-0.3, -0.25) is 4.79 Å². The van der Waals surface area contributed by atoms with Gasteiger partial charge in [0.25, 0.3) is 15.9 Å². The summed E-state index contributed by atoms with van der Waals surface area (Å²) in [5.74, 6) is -6.03. The van der Waals surface area contributed by atoms with Crippen LogP contribution in [-0.2, 0) is 20.7 Å². The van der Waals surface area contributed by atoms with Gasteiger partial charge in [0.2, 0.25) is 0 Å². The number of fused-ring (bicyclic) bond motifs is 1. The predicted molar refractivity (Wildman–Crippen MR) is 101 cm³/mol. The molecule has 0 fully saturated rings. The maximum absolute atomic E-state index is 14.6. The standard InChI is InChI=1S/C18H13ClF4N2O4S/c19-10-5-6-12-15(9-10)30(27,28)25-16(24-12)13(26)7-8-18(22,23)11-3-1-2-4-14(11)29-17(20)21/h1-6,9,17H,7-8H2,(H,24,25). The summed E-state index contributed by atoms with van der Waals surface area (Å²) in [4.78, 5) is 12.1. The molecule has 0 aromatic heterocycles. The van der Waals surface area contributed by atoms with Gasteiger partial charge in [-0.25, -0.2) is 8.78 Å². The fraction of sp³-hybridized carbons (Fsp3) is 0.222. The number of hydrogen-bond acceptors (Lipinski definition) is 5. The molecule has 0 unspecified atom stereocenters. The number of ether oxygens (including phenoxy) is 1. The number of para-hydroxylation sites is 1. The van der Waals surface area contributed by atoms with E-state index < -0.39 is 58.3 Å². The number of sulfonamides is 1. The van der Waals surface area contributed by atoms with Crippen LogP contribution in [0.1, 0.15) is 18.4 Å². The smallest absolute Gasteiger partial charge is 0.387 e. The number of rotatable bonds is 7. The van der Waals surface area contributed by atoms with Gasteiger partial charge in [0.15, 0.2) is 11.6 Å². The van der Waals surface area contributed by atoms with Crippen molar-refractivity contribution in [2.24, 2.45) is 4.40 Å². The van der Waals surface area contributed by atoms with Crippen LogP contribution in [0.15, 0.2) is 51.8 Å². The van der Waals surface area contributed by atoms with Gasteiger partial charge in [0.05, 0.1) is 11.3 Å². The first kappa shape index (κ1) is 22.0. The summed E-state index contributed by atoms with van der Waals surface area (Å²) in [6.07, 6.45) is -1.88. The lowest BCUT2D eigenvalue weighted by Gasteiger charge is -2.21. The molecule has 0 atom stereocenters. The van der Waals surface area contributed by atoms with Crippen LogP contribution in [0.2, 0.25) is 5.02 Å². The number of ketones is 1. The highest BCUT2D eigenvalue weighted by Crippen LogP contribution is 2.39. The van der Waals surface area contributed by atoms with Gasteiger partial charge in [0, 0.05) is 17.9 Å². The van der Waals surface area contributed by atoms with E-state index >= 15 is 0 Å². The first-order chi connectivity index (χ1) is 14.0. The SMILES string of the molecule is O=C(CCC(F)(F)c1ccccc1OC(F)F)C1=NS(=O)(=O)c2cc(Cl)ccc2N1. The van der Waals surface area contributed by atoms with Gasteiger partial charge >= 0.3 is 6.61 Å². The number of alkyl halides is 4. The van der Waals surface area contributed by atoms with E-state index in [4.69, 9.17) is 11.6 Å². The number of hydrogen-bond donors (Lipinski definition) is 1. The molecule has 1 heterocycles. The number of amidine groups is 1. The maximum atomic E-state index is 14.6. The molecular weight excluding hydrogens is 452 g/mol. The van der Waals surface area contributed by atoms with E-state index in [1.807, 2.05) is 0 Å². The van der Waals surface area contributed by atoms with Crippen molar-refractivity contribution in [2.45, 2.75) is 30.3 Å². The quantitative estimate of drug-likeness (QED) is 0.605. The summed E-state index contributed by atoms with van der Waals surface area (Å²) in [6, 6.07) is 8.15. The summed E-state index contributed by atoms with van der Waals surface area (Å²) in [5.41, 5.74) is -0.788. The minimum absolute atomic E-state index is 0.0280. The molecule has 1 N–H and O–H groups in total. The van der Waals surface area contributed by atoms with Crippen molar-refractivity contribution in [3.05, 3.63) is 53.1 Å². The van der Waals surface area contributed by atoms with E-state index in [1.165, 1.54) is 24.3 Å². The molecule has 6 nitrogen and oxygen atoms in total. The second kappa shape index (κ2) is 8.23. The maximum Gasteiger partial charge on any atom is 0.387 e. The first-order valence-corrected chi connectivity index (χ1v) is 10.2. The van der Waals surface area contributed by atoms with E-state index in [0.717, 1.165) is 18.2 Å². The van der Waals surface area contributed by atoms with Gasteiger partial charge in [-0.05, 0) is 30.3 Å². The highest BCUT2D eigenvalue weighted by atomic mass is 35.5. The van der Waals surface area contributed by atoms with Gasteiger partial charge in [-0.2, -0.15) is 17.2 Å². The number of nitrogens with one attached hydrogen (secondary N) is 1. The zero-order valence-corrected chi connectivity index (χ0v) is 16.5. The lowest BCUT2D eigenvalue weighted by atomic mass is 10.0. The molecule has 0 spiro atoms. The molecule has 0 saturated heterocycles. The number of anilines is 1. The molecule has 160 valence electrons. The Kier molecular flexibility index (Phi) is 6.04. The number of carbonyl (C=O) groups is 1. The summed E-state index contributed by atoms with van der Waals surface area (Å²) in [6.45, 7) is -3.30. The highest BCUT2D eigenvalue weighted by Gasteiger charge is 2.37. The molecule has 30 heavy (non-hydrogen) atoms. The third kappa shape index (κ3) is 4.73. The monoisotopic (exact) mass is 464 g/mol. The molecule has 0 amide bonds. The summed E-state index contributed by atoms with van der Waals surface area (Å²) >= 11 is 5.76. The summed E-state index contributed by atoms with van der Waals surface area (Å²) < 4.78 is 85.9. The second-order valence-corrected chi connectivity index (χ2v) is 8.19. The molecule has 0 saturated carbocycles. The van der Waals surface area contributed by atoms with Crippen LogP contribution in [0.3, 0.4) is 0 Å². The van der Waals surface area contributed by atoms with Crippen LogP contribution < -0.4 is 10.1 Å². The molecule has 1 aliphatic heterocycles. The molecule has 12 heteroatoms. The van der Waals surface area contributed by atoms with Crippen LogP contribution in [0.25, 0.3) is 0 Å². The number of nitrogens with zero attached hydrogens (tertiary/aromatic N) is 1. The third-order valence-electron chi connectivity index (χ3n) is 4.11.